The van der Waals surface area contributed by atoms with Crippen LogP contribution in [0.1, 0.15) is 28.4 Å². The molecule has 3 amide bonds. The third-order valence-electron chi connectivity index (χ3n) is 4.05. The topological polar surface area (TPSA) is 95.9 Å². The van der Waals surface area contributed by atoms with Crippen molar-refractivity contribution < 1.29 is 24.2 Å². The quantitative estimate of drug-likeness (QED) is 0.588. The Morgan fingerprint density at radius 1 is 1.08 bits per heavy atom. The standard InChI is InChI=1S/C19H18N2O5/c22-17-16(13-5-2-1-3-6-13)20-19(25)21(17)11-4-12-26-15-9-7-14(8-10-15)18(23)24/h1-3,5-10,16H,4,11-12H2,(H,20,25)(H,23,24). The van der Waals surface area contributed by atoms with Gasteiger partial charge < -0.3 is 15.2 Å². The predicted octanol–water partition coefficient (Wildman–Crippen LogP) is 2.45. The van der Waals surface area contributed by atoms with E-state index in [1.807, 2.05) is 18.2 Å². The number of imide groups is 1. The van der Waals surface area contributed by atoms with Gasteiger partial charge in [-0.3, -0.25) is 9.69 Å². The van der Waals surface area contributed by atoms with Gasteiger partial charge in [0, 0.05) is 6.54 Å². The van der Waals surface area contributed by atoms with E-state index in [-0.39, 0.29) is 18.0 Å². The monoisotopic (exact) mass is 354 g/mol. The minimum atomic E-state index is -0.997. The van der Waals surface area contributed by atoms with Crippen LogP contribution in [0.25, 0.3) is 0 Å². The summed E-state index contributed by atoms with van der Waals surface area (Å²) in [6, 6.07) is 14.1. The van der Waals surface area contributed by atoms with Crippen molar-refractivity contribution in [3.63, 3.8) is 0 Å². The molecule has 0 bridgehead atoms. The van der Waals surface area contributed by atoms with Crippen molar-refractivity contribution in [1.29, 1.82) is 0 Å². The number of carboxylic acids is 1. The summed E-state index contributed by atoms with van der Waals surface area (Å²) < 4.78 is 5.52. The lowest BCUT2D eigenvalue weighted by Gasteiger charge is -2.13. The van der Waals surface area contributed by atoms with E-state index in [1.165, 1.54) is 17.0 Å². The van der Waals surface area contributed by atoms with E-state index in [1.54, 1.807) is 24.3 Å². The molecule has 1 unspecified atom stereocenters. The maximum atomic E-state index is 12.4. The van der Waals surface area contributed by atoms with Gasteiger partial charge in [-0.15, -0.1) is 0 Å². The predicted molar refractivity (Wildman–Crippen MR) is 92.9 cm³/mol. The molecule has 7 nitrogen and oxygen atoms in total. The summed E-state index contributed by atoms with van der Waals surface area (Å²) in [6.45, 7) is 0.556. The molecule has 2 aromatic rings. The van der Waals surface area contributed by atoms with Crippen molar-refractivity contribution in [2.24, 2.45) is 0 Å². The third-order valence-corrected chi connectivity index (χ3v) is 4.05. The van der Waals surface area contributed by atoms with Crippen LogP contribution in [0.5, 0.6) is 5.75 Å². The van der Waals surface area contributed by atoms with Gasteiger partial charge >= 0.3 is 12.0 Å². The van der Waals surface area contributed by atoms with Crippen molar-refractivity contribution in [1.82, 2.24) is 10.2 Å². The van der Waals surface area contributed by atoms with Crippen LogP contribution in [0.2, 0.25) is 0 Å². The number of carbonyl (C=O) groups excluding carboxylic acids is 2. The van der Waals surface area contributed by atoms with Crippen molar-refractivity contribution >= 4 is 17.9 Å². The number of amides is 3. The van der Waals surface area contributed by atoms with Gasteiger partial charge in [-0.1, -0.05) is 30.3 Å². The third kappa shape index (κ3) is 3.83. The zero-order valence-corrected chi connectivity index (χ0v) is 13.9. The summed E-state index contributed by atoms with van der Waals surface area (Å²) in [5.41, 5.74) is 0.937. The van der Waals surface area contributed by atoms with E-state index < -0.39 is 18.0 Å². The van der Waals surface area contributed by atoms with E-state index in [0.29, 0.717) is 18.8 Å². The van der Waals surface area contributed by atoms with E-state index in [2.05, 4.69) is 5.32 Å². The molecule has 0 radical (unpaired) electrons. The van der Waals surface area contributed by atoms with Crippen molar-refractivity contribution in [3.8, 4) is 5.75 Å². The molecule has 134 valence electrons. The van der Waals surface area contributed by atoms with Crippen LogP contribution < -0.4 is 10.1 Å². The SMILES string of the molecule is O=C(O)c1ccc(OCCCN2C(=O)NC(c3ccccc3)C2=O)cc1. The number of aromatic carboxylic acids is 1. The summed E-state index contributed by atoms with van der Waals surface area (Å²) in [5, 5.41) is 11.5. The maximum Gasteiger partial charge on any atom is 0.335 e. The van der Waals surface area contributed by atoms with Crippen LogP contribution in [0, 0.1) is 0 Å². The van der Waals surface area contributed by atoms with Crippen LogP contribution in [0.15, 0.2) is 54.6 Å². The fourth-order valence-electron chi connectivity index (χ4n) is 2.71. The highest BCUT2D eigenvalue weighted by Gasteiger charge is 2.38. The highest BCUT2D eigenvalue weighted by atomic mass is 16.5. The molecule has 0 spiro atoms. The number of hydrogen-bond acceptors (Lipinski definition) is 4. The fraction of sp³-hybridized carbons (Fsp3) is 0.211. The van der Waals surface area contributed by atoms with E-state index in [4.69, 9.17) is 9.84 Å². The summed E-state index contributed by atoms with van der Waals surface area (Å²) in [6.07, 6.45) is 0.474. The molecule has 1 atom stereocenters. The van der Waals surface area contributed by atoms with Gasteiger partial charge in [-0.2, -0.15) is 0 Å². The maximum absolute atomic E-state index is 12.4. The molecule has 1 heterocycles. The number of nitrogens with zero attached hydrogens (tertiary/aromatic N) is 1. The number of nitrogens with one attached hydrogen (secondary N) is 1. The van der Waals surface area contributed by atoms with Gasteiger partial charge in [0.2, 0.25) is 0 Å². The largest absolute Gasteiger partial charge is 0.494 e. The lowest BCUT2D eigenvalue weighted by Crippen LogP contribution is -2.32. The zero-order chi connectivity index (χ0) is 18.5. The van der Waals surface area contributed by atoms with Gasteiger partial charge in [-0.25, -0.2) is 9.59 Å². The number of carboxylic acid groups (broad SMARTS) is 1. The van der Waals surface area contributed by atoms with Crippen molar-refractivity contribution in [2.75, 3.05) is 13.2 Å². The zero-order valence-electron chi connectivity index (χ0n) is 13.9. The number of urea groups is 1. The molecule has 1 aliphatic rings. The van der Waals surface area contributed by atoms with Crippen LogP contribution in [0.3, 0.4) is 0 Å². The first-order chi connectivity index (χ1) is 12.6. The van der Waals surface area contributed by atoms with Crippen LogP contribution in [-0.2, 0) is 4.79 Å². The average molecular weight is 354 g/mol. The molecular formula is C19H18N2O5. The molecule has 1 saturated heterocycles. The number of carbonyl (C=O) groups is 3. The first-order valence-corrected chi connectivity index (χ1v) is 8.19. The molecule has 7 heteroatoms. The van der Waals surface area contributed by atoms with Gasteiger partial charge in [0.1, 0.15) is 11.8 Å². The Balaban J connectivity index is 1.49. The number of rotatable bonds is 7. The number of ether oxygens (including phenoxy) is 1. The Hall–Kier alpha value is -3.35. The highest BCUT2D eigenvalue weighted by Crippen LogP contribution is 2.21. The first-order valence-electron chi connectivity index (χ1n) is 8.19. The molecule has 26 heavy (non-hydrogen) atoms. The lowest BCUT2D eigenvalue weighted by molar-refractivity contribution is -0.127. The van der Waals surface area contributed by atoms with E-state index in [0.717, 1.165) is 5.56 Å². The molecule has 1 aliphatic heterocycles. The van der Waals surface area contributed by atoms with Gasteiger partial charge in [0.15, 0.2) is 0 Å². The summed E-state index contributed by atoms with van der Waals surface area (Å²) in [5.74, 6) is -0.732. The van der Waals surface area contributed by atoms with Gasteiger partial charge in [-0.05, 0) is 36.2 Å². The Bertz CT molecular complexity index is 804. The molecule has 2 N–H and O–H groups in total. The molecule has 0 saturated carbocycles. The molecule has 0 aliphatic carbocycles. The van der Waals surface area contributed by atoms with E-state index >= 15 is 0 Å². The number of hydrogen-bond donors (Lipinski definition) is 2. The van der Waals surface area contributed by atoms with Crippen LogP contribution in [0.4, 0.5) is 4.79 Å². The van der Waals surface area contributed by atoms with E-state index in [9.17, 15) is 14.4 Å². The second-order valence-corrected chi connectivity index (χ2v) is 5.81. The summed E-state index contributed by atoms with van der Waals surface area (Å²) in [7, 11) is 0. The lowest BCUT2D eigenvalue weighted by atomic mass is 10.1. The average Bonchev–Trinajstić information content (AvgIpc) is 2.94. The Labute approximate surface area is 150 Å². The summed E-state index contributed by atoms with van der Waals surface area (Å²) in [4.78, 5) is 36.4. The summed E-state index contributed by atoms with van der Waals surface area (Å²) >= 11 is 0. The second kappa shape index (κ2) is 7.69. The molecule has 0 aromatic heterocycles. The normalized spacial score (nSPS) is 16.5. The van der Waals surface area contributed by atoms with Crippen molar-refractivity contribution in [3.05, 3.63) is 65.7 Å². The molecule has 1 fully saturated rings. The minimum Gasteiger partial charge on any atom is -0.494 e. The minimum absolute atomic E-state index is 0.184. The van der Waals surface area contributed by atoms with Gasteiger partial charge in [0.05, 0.1) is 12.2 Å². The first kappa shape index (κ1) is 17.5. The van der Waals surface area contributed by atoms with Gasteiger partial charge in [0.25, 0.3) is 5.91 Å². The fourth-order valence-corrected chi connectivity index (χ4v) is 2.71. The van der Waals surface area contributed by atoms with Crippen LogP contribution >= 0.6 is 0 Å². The Morgan fingerprint density at radius 3 is 2.42 bits per heavy atom. The Morgan fingerprint density at radius 2 is 1.77 bits per heavy atom. The van der Waals surface area contributed by atoms with Crippen molar-refractivity contribution in [2.45, 2.75) is 12.5 Å². The molecule has 3 rings (SSSR count). The Kier molecular flexibility index (Phi) is 5.17. The molecular weight excluding hydrogens is 336 g/mol. The highest BCUT2D eigenvalue weighted by molar-refractivity contribution is 6.04. The smallest absolute Gasteiger partial charge is 0.335 e. The number of benzene rings is 2. The molecule has 2 aromatic carbocycles. The second-order valence-electron chi connectivity index (χ2n) is 5.81. The van der Waals surface area contributed by atoms with Crippen LogP contribution in [-0.4, -0.2) is 41.1 Å².